The van der Waals surface area contributed by atoms with Crippen molar-refractivity contribution in [1.29, 1.82) is 0 Å². The van der Waals surface area contributed by atoms with Crippen molar-refractivity contribution in [2.75, 3.05) is 20.2 Å². The number of ether oxygens (including phenoxy) is 1. The minimum atomic E-state index is -0.650. The lowest BCUT2D eigenvalue weighted by Gasteiger charge is -2.05. The zero-order chi connectivity index (χ0) is 20.6. The van der Waals surface area contributed by atoms with E-state index in [4.69, 9.17) is 4.74 Å². The molecule has 3 aromatic rings. The van der Waals surface area contributed by atoms with E-state index in [0.29, 0.717) is 12.2 Å². The van der Waals surface area contributed by atoms with Crippen LogP contribution in [0.25, 0.3) is 10.6 Å². The number of hydrogen-bond acceptors (Lipinski definition) is 6. The Hall–Kier alpha value is -3.46. The first kappa shape index (κ1) is 20.3. The summed E-state index contributed by atoms with van der Waals surface area (Å²) in [5.74, 6) is -1.55. The van der Waals surface area contributed by atoms with Crippen molar-refractivity contribution in [2.45, 2.75) is 6.54 Å². The minimum absolute atomic E-state index is 0.178. The number of likely N-dealkylation sites (N-methyl/N-ethyl adjacent to an activating group) is 1. The number of esters is 1. The molecule has 29 heavy (non-hydrogen) atoms. The maximum absolute atomic E-state index is 12.6. The quantitative estimate of drug-likeness (QED) is 0.548. The standard InChI is InChI=1S/C20H20N4O4S/c1-21-17(25)10-22-18(26)13-28-20(27)15-12-24(11-14-6-3-2-4-7-14)23-19(15)16-8-5-9-29-16/h2-9,12H,10-11,13H2,1H3,(H,21,25)(H,22,26). The highest BCUT2D eigenvalue weighted by Gasteiger charge is 2.21. The molecular weight excluding hydrogens is 392 g/mol. The zero-order valence-electron chi connectivity index (χ0n) is 15.8. The number of rotatable bonds is 8. The lowest BCUT2D eigenvalue weighted by Crippen LogP contribution is -2.37. The number of nitrogens with zero attached hydrogens (tertiary/aromatic N) is 2. The molecule has 0 fully saturated rings. The van der Waals surface area contributed by atoms with Crippen LogP contribution in [0, 0.1) is 0 Å². The molecule has 0 bridgehead atoms. The molecule has 1 aromatic carbocycles. The van der Waals surface area contributed by atoms with Crippen molar-refractivity contribution in [3.05, 3.63) is 65.2 Å². The molecule has 0 unspecified atom stereocenters. The molecule has 2 N–H and O–H groups in total. The molecule has 2 amide bonds. The highest BCUT2D eigenvalue weighted by molar-refractivity contribution is 7.13. The van der Waals surface area contributed by atoms with Crippen molar-refractivity contribution < 1.29 is 19.1 Å². The Kier molecular flexibility index (Phi) is 6.75. The van der Waals surface area contributed by atoms with Gasteiger partial charge in [-0.05, 0) is 17.0 Å². The summed E-state index contributed by atoms with van der Waals surface area (Å²) in [7, 11) is 1.47. The second-order valence-electron chi connectivity index (χ2n) is 6.08. The largest absolute Gasteiger partial charge is 0.452 e. The molecule has 0 aliphatic heterocycles. The fraction of sp³-hybridized carbons (Fsp3) is 0.200. The van der Waals surface area contributed by atoms with Gasteiger partial charge in [0, 0.05) is 13.2 Å². The van der Waals surface area contributed by atoms with Crippen LogP contribution in [0.3, 0.4) is 0 Å². The molecule has 0 saturated carbocycles. The predicted octanol–water partition coefficient (Wildman–Crippen LogP) is 1.68. The maximum Gasteiger partial charge on any atom is 0.342 e. The topological polar surface area (TPSA) is 102 Å². The zero-order valence-corrected chi connectivity index (χ0v) is 16.6. The summed E-state index contributed by atoms with van der Waals surface area (Å²) in [4.78, 5) is 36.4. The summed E-state index contributed by atoms with van der Waals surface area (Å²) in [6.45, 7) is -0.162. The Morgan fingerprint density at radius 3 is 2.59 bits per heavy atom. The van der Waals surface area contributed by atoms with E-state index in [2.05, 4.69) is 15.7 Å². The molecular formula is C20H20N4O4S. The van der Waals surface area contributed by atoms with E-state index in [1.807, 2.05) is 47.8 Å². The van der Waals surface area contributed by atoms with Crippen LogP contribution in [0.15, 0.2) is 54.0 Å². The van der Waals surface area contributed by atoms with Gasteiger partial charge in [0.1, 0.15) is 11.3 Å². The molecule has 8 nitrogen and oxygen atoms in total. The van der Waals surface area contributed by atoms with E-state index in [9.17, 15) is 14.4 Å². The number of hydrogen-bond donors (Lipinski definition) is 2. The second kappa shape index (κ2) is 9.65. The third kappa shape index (κ3) is 5.52. The van der Waals surface area contributed by atoms with Gasteiger partial charge in [-0.25, -0.2) is 4.79 Å². The lowest BCUT2D eigenvalue weighted by molar-refractivity contribution is -0.127. The SMILES string of the molecule is CNC(=O)CNC(=O)COC(=O)c1cn(Cc2ccccc2)nc1-c1cccs1. The van der Waals surface area contributed by atoms with Crippen LogP contribution in [-0.2, 0) is 20.9 Å². The first-order valence-corrected chi connectivity index (χ1v) is 9.74. The molecule has 2 aromatic heterocycles. The average molecular weight is 412 g/mol. The van der Waals surface area contributed by atoms with Gasteiger partial charge in [0.05, 0.1) is 18.0 Å². The molecule has 3 rings (SSSR count). The van der Waals surface area contributed by atoms with Crippen LogP contribution in [-0.4, -0.2) is 47.8 Å². The van der Waals surface area contributed by atoms with Gasteiger partial charge in [0.25, 0.3) is 5.91 Å². The van der Waals surface area contributed by atoms with Crippen LogP contribution in [0.1, 0.15) is 15.9 Å². The molecule has 0 spiro atoms. The first-order chi connectivity index (χ1) is 14.1. The number of benzene rings is 1. The van der Waals surface area contributed by atoms with E-state index in [1.165, 1.54) is 18.4 Å². The third-order valence-corrected chi connectivity index (χ3v) is 4.86. The Labute approximate surface area is 171 Å². The molecule has 0 saturated heterocycles. The predicted molar refractivity (Wildman–Crippen MR) is 108 cm³/mol. The van der Waals surface area contributed by atoms with E-state index in [1.54, 1.807) is 10.9 Å². The van der Waals surface area contributed by atoms with Gasteiger partial charge in [0.15, 0.2) is 6.61 Å². The first-order valence-electron chi connectivity index (χ1n) is 8.86. The third-order valence-electron chi connectivity index (χ3n) is 3.98. The number of carbonyl (C=O) groups excluding carboxylic acids is 3. The van der Waals surface area contributed by atoms with Crippen LogP contribution < -0.4 is 10.6 Å². The summed E-state index contributed by atoms with van der Waals surface area (Å²) >= 11 is 1.46. The number of thiophene rings is 1. The highest BCUT2D eigenvalue weighted by atomic mass is 32.1. The van der Waals surface area contributed by atoms with Crippen LogP contribution in [0.2, 0.25) is 0 Å². The van der Waals surface area contributed by atoms with E-state index in [-0.39, 0.29) is 18.0 Å². The Bertz CT molecular complexity index is 983. The van der Waals surface area contributed by atoms with Gasteiger partial charge in [-0.15, -0.1) is 11.3 Å². The summed E-state index contributed by atoms with van der Waals surface area (Å²) in [5.41, 5.74) is 1.83. The van der Waals surface area contributed by atoms with Gasteiger partial charge < -0.3 is 15.4 Å². The van der Waals surface area contributed by atoms with Crippen molar-refractivity contribution in [1.82, 2.24) is 20.4 Å². The molecule has 0 aliphatic carbocycles. The molecule has 0 atom stereocenters. The molecule has 0 aliphatic rings. The Morgan fingerprint density at radius 1 is 1.10 bits per heavy atom. The summed E-state index contributed by atoms with van der Waals surface area (Å²) in [5, 5.41) is 11.2. The van der Waals surface area contributed by atoms with Crippen LogP contribution >= 0.6 is 11.3 Å². The summed E-state index contributed by atoms with van der Waals surface area (Å²) in [6.07, 6.45) is 1.62. The Morgan fingerprint density at radius 2 is 1.90 bits per heavy atom. The second-order valence-corrected chi connectivity index (χ2v) is 7.03. The van der Waals surface area contributed by atoms with Gasteiger partial charge in [-0.2, -0.15) is 5.10 Å². The van der Waals surface area contributed by atoms with Gasteiger partial charge in [0.2, 0.25) is 5.91 Å². The van der Waals surface area contributed by atoms with Crippen molar-refractivity contribution in [2.24, 2.45) is 0 Å². The molecule has 150 valence electrons. The average Bonchev–Trinajstić information content (AvgIpc) is 3.40. The van der Waals surface area contributed by atoms with Crippen LogP contribution in [0.4, 0.5) is 0 Å². The van der Waals surface area contributed by atoms with Crippen molar-refractivity contribution in [3.8, 4) is 10.6 Å². The van der Waals surface area contributed by atoms with Gasteiger partial charge in [-0.1, -0.05) is 36.4 Å². The molecule has 9 heteroatoms. The van der Waals surface area contributed by atoms with Crippen molar-refractivity contribution >= 4 is 29.1 Å². The number of nitrogens with one attached hydrogen (secondary N) is 2. The number of carbonyl (C=O) groups is 3. The van der Waals surface area contributed by atoms with E-state index in [0.717, 1.165) is 10.4 Å². The summed E-state index contributed by atoms with van der Waals surface area (Å²) < 4.78 is 6.80. The normalized spacial score (nSPS) is 10.4. The van der Waals surface area contributed by atoms with Gasteiger partial charge >= 0.3 is 5.97 Å². The molecule has 0 radical (unpaired) electrons. The maximum atomic E-state index is 12.6. The smallest absolute Gasteiger partial charge is 0.342 e. The fourth-order valence-corrected chi connectivity index (χ4v) is 3.27. The minimum Gasteiger partial charge on any atom is -0.452 e. The van der Waals surface area contributed by atoms with Crippen LogP contribution in [0.5, 0.6) is 0 Å². The van der Waals surface area contributed by atoms with Crippen molar-refractivity contribution in [3.63, 3.8) is 0 Å². The lowest BCUT2D eigenvalue weighted by atomic mass is 10.2. The van der Waals surface area contributed by atoms with E-state index >= 15 is 0 Å². The monoisotopic (exact) mass is 412 g/mol. The fourth-order valence-electron chi connectivity index (χ4n) is 2.54. The summed E-state index contributed by atoms with van der Waals surface area (Å²) in [6, 6.07) is 13.5. The highest BCUT2D eigenvalue weighted by Crippen LogP contribution is 2.27. The number of amides is 2. The Balaban J connectivity index is 1.72. The molecule has 2 heterocycles. The van der Waals surface area contributed by atoms with E-state index < -0.39 is 18.5 Å². The number of aromatic nitrogens is 2. The van der Waals surface area contributed by atoms with Gasteiger partial charge in [-0.3, -0.25) is 14.3 Å².